The number of halogens is 2. The van der Waals surface area contributed by atoms with E-state index >= 15 is 0 Å². The van der Waals surface area contributed by atoms with E-state index < -0.39 is 0 Å². The SMILES string of the molecule is Fc1ccc2c(c1)C(c1ccc(Cl)cc1)=Nc1cc(-c3ncc[nH]3)ccc1S2. The van der Waals surface area contributed by atoms with Crippen LogP contribution in [0.4, 0.5) is 10.1 Å². The number of aromatic amines is 1. The first-order valence-corrected chi connectivity index (χ1v) is 9.83. The Morgan fingerprint density at radius 3 is 2.46 bits per heavy atom. The van der Waals surface area contributed by atoms with Crippen molar-refractivity contribution >= 4 is 34.8 Å². The molecule has 2 heterocycles. The van der Waals surface area contributed by atoms with E-state index in [1.165, 1.54) is 12.1 Å². The van der Waals surface area contributed by atoms with Gasteiger partial charge in [0.15, 0.2) is 0 Å². The van der Waals surface area contributed by atoms with Crippen molar-refractivity contribution in [3.63, 3.8) is 0 Å². The molecule has 0 fully saturated rings. The van der Waals surface area contributed by atoms with Gasteiger partial charge in [0.25, 0.3) is 0 Å². The molecule has 0 unspecified atom stereocenters. The average molecular weight is 406 g/mol. The van der Waals surface area contributed by atoms with Gasteiger partial charge >= 0.3 is 0 Å². The summed E-state index contributed by atoms with van der Waals surface area (Å²) in [6.45, 7) is 0. The number of nitrogens with zero attached hydrogens (tertiary/aromatic N) is 2. The van der Waals surface area contributed by atoms with Gasteiger partial charge in [-0.3, -0.25) is 0 Å². The Morgan fingerprint density at radius 2 is 1.68 bits per heavy atom. The molecule has 136 valence electrons. The fraction of sp³-hybridized carbons (Fsp3) is 0. The summed E-state index contributed by atoms with van der Waals surface area (Å²) < 4.78 is 14.1. The summed E-state index contributed by atoms with van der Waals surface area (Å²) in [7, 11) is 0. The lowest BCUT2D eigenvalue weighted by molar-refractivity contribution is 0.626. The average Bonchev–Trinajstić information content (AvgIpc) is 3.19. The predicted molar refractivity (Wildman–Crippen MR) is 111 cm³/mol. The van der Waals surface area contributed by atoms with Crippen molar-refractivity contribution in [3.8, 4) is 11.4 Å². The molecule has 0 spiro atoms. The van der Waals surface area contributed by atoms with Crippen LogP contribution in [0, 0.1) is 5.82 Å². The van der Waals surface area contributed by atoms with Gasteiger partial charge in [0.05, 0.1) is 11.4 Å². The molecular formula is C22H13ClFN3S. The predicted octanol–water partition coefficient (Wildman–Crippen LogP) is 6.50. The summed E-state index contributed by atoms with van der Waals surface area (Å²) in [5, 5.41) is 0.646. The number of aliphatic imine (C=N–C) groups is 1. The fourth-order valence-electron chi connectivity index (χ4n) is 3.16. The minimum Gasteiger partial charge on any atom is -0.345 e. The Balaban J connectivity index is 1.74. The van der Waals surface area contributed by atoms with Crippen LogP contribution in [0.2, 0.25) is 5.02 Å². The van der Waals surface area contributed by atoms with E-state index in [0.717, 1.165) is 38.0 Å². The number of hydrogen-bond acceptors (Lipinski definition) is 3. The maximum Gasteiger partial charge on any atom is 0.137 e. The minimum absolute atomic E-state index is 0.289. The Hall–Kier alpha value is -2.89. The molecule has 4 aromatic rings. The molecule has 1 N–H and O–H groups in total. The van der Waals surface area contributed by atoms with Crippen molar-refractivity contribution in [1.82, 2.24) is 9.97 Å². The van der Waals surface area contributed by atoms with E-state index in [4.69, 9.17) is 16.6 Å². The summed E-state index contributed by atoms with van der Waals surface area (Å²) >= 11 is 7.63. The molecule has 0 aliphatic carbocycles. The van der Waals surface area contributed by atoms with Gasteiger partial charge in [0.1, 0.15) is 11.6 Å². The standard InChI is InChI=1S/C22H13ClFN3S/c23-15-4-1-13(2-5-15)21-17-12-16(24)6-8-19(17)28-20-7-3-14(11-18(20)27-21)22-25-9-10-26-22/h1-12H,(H,25,26). The van der Waals surface area contributed by atoms with Crippen molar-refractivity contribution in [2.24, 2.45) is 4.99 Å². The molecule has 6 heteroatoms. The highest BCUT2D eigenvalue weighted by molar-refractivity contribution is 7.99. The number of H-pyrrole nitrogens is 1. The van der Waals surface area contributed by atoms with Crippen LogP contribution in [-0.4, -0.2) is 15.7 Å². The van der Waals surface area contributed by atoms with Crippen LogP contribution in [0.25, 0.3) is 11.4 Å². The Labute approximate surface area is 170 Å². The third-order valence-electron chi connectivity index (χ3n) is 4.50. The molecule has 3 aromatic carbocycles. The lowest BCUT2D eigenvalue weighted by atomic mass is 10.0. The summed E-state index contributed by atoms with van der Waals surface area (Å²) in [5.41, 5.74) is 4.13. The van der Waals surface area contributed by atoms with Crippen LogP contribution < -0.4 is 0 Å². The van der Waals surface area contributed by atoms with Gasteiger partial charge < -0.3 is 4.98 Å². The van der Waals surface area contributed by atoms with Crippen LogP contribution in [0.15, 0.2) is 87.8 Å². The monoisotopic (exact) mass is 405 g/mol. The molecule has 0 saturated heterocycles. The molecule has 5 rings (SSSR count). The second-order valence-electron chi connectivity index (χ2n) is 6.33. The molecule has 0 saturated carbocycles. The molecule has 0 radical (unpaired) electrons. The van der Waals surface area contributed by atoms with Crippen molar-refractivity contribution < 1.29 is 4.39 Å². The molecule has 0 bridgehead atoms. The largest absolute Gasteiger partial charge is 0.345 e. The first-order chi connectivity index (χ1) is 13.7. The zero-order valence-electron chi connectivity index (χ0n) is 14.5. The third-order valence-corrected chi connectivity index (χ3v) is 5.89. The van der Waals surface area contributed by atoms with E-state index in [0.29, 0.717) is 10.7 Å². The molecule has 1 aromatic heterocycles. The van der Waals surface area contributed by atoms with E-state index in [2.05, 4.69) is 9.97 Å². The highest BCUT2D eigenvalue weighted by atomic mass is 35.5. The number of fused-ring (bicyclic) bond motifs is 2. The van der Waals surface area contributed by atoms with Crippen molar-refractivity contribution in [1.29, 1.82) is 0 Å². The summed E-state index contributed by atoms with van der Waals surface area (Å²) in [6.07, 6.45) is 3.51. The lowest BCUT2D eigenvalue weighted by Crippen LogP contribution is -2.04. The normalized spacial score (nSPS) is 12.7. The van der Waals surface area contributed by atoms with Crippen LogP contribution >= 0.6 is 23.4 Å². The summed E-state index contributed by atoms with van der Waals surface area (Å²) in [6, 6.07) is 18.3. The van der Waals surface area contributed by atoms with Crippen LogP contribution in [0.3, 0.4) is 0 Å². The highest BCUT2D eigenvalue weighted by Gasteiger charge is 2.20. The zero-order valence-corrected chi connectivity index (χ0v) is 16.1. The van der Waals surface area contributed by atoms with E-state index in [1.807, 2.05) is 42.5 Å². The van der Waals surface area contributed by atoms with E-state index in [9.17, 15) is 4.39 Å². The fourth-order valence-corrected chi connectivity index (χ4v) is 4.27. The second-order valence-corrected chi connectivity index (χ2v) is 7.85. The number of aromatic nitrogens is 2. The van der Waals surface area contributed by atoms with Gasteiger partial charge in [0, 0.05) is 43.9 Å². The third kappa shape index (κ3) is 3.13. The first-order valence-electron chi connectivity index (χ1n) is 8.63. The number of rotatable bonds is 2. The topological polar surface area (TPSA) is 41.0 Å². The first kappa shape index (κ1) is 17.2. The maximum atomic E-state index is 14.1. The van der Waals surface area contributed by atoms with Crippen molar-refractivity contribution in [2.45, 2.75) is 9.79 Å². The highest BCUT2D eigenvalue weighted by Crippen LogP contribution is 2.42. The number of imidazole rings is 1. The zero-order chi connectivity index (χ0) is 19.1. The summed E-state index contributed by atoms with van der Waals surface area (Å²) in [5.74, 6) is 0.493. The number of nitrogens with one attached hydrogen (secondary N) is 1. The Bertz CT molecular complexity index is 1200. The van der Waals surface area contributed by atoms with Gasteiger partial charge in [-0.2, -0.15) is 0 Å². The van der Waals surface area contributed by atoms with Crippen LogP contribution in [-0.2, 0) is 0 Å². The molecular weight excluding hydrogens is 393 g/mol. The van der Waals surface area contributed by atoms with E-state index in [-0.39, 0.29) is 5.82 Å². The Morgan fingerprint density at radius 1 is 0.893 bits per heavy atom. The van der Waals surface area contributed by atoms with Gasteiger partial charge in [0.2, 0.25) is 0 Å². The molecule has 3 nitrogen and oxygen atoms in total. The molecule has 1 aliphatic heterocycles. The van der Waals surface area contributed by atoms with Gasteiger partial charge in [-0.25, -0.2) is 14.4 Å². The second kappa shape index (κ2) is 6.93. The van der Waals surface area contributed by atoms with Crippen molar-refractivity contribution in [2.75, 3.05) is 0 Å². The molecule has 0 atom stereocenters. The number of benzene rings is 3. The quantitative estimate of drug-likeness (QED) is 0.364. The van der Waals surface area contributed by atoms with Gasteiger partial charge in [-0.1, -0.05) is 35.5 Å². The lowest BCUT2D eigenvalue weighted by Gasteiger charge is -2.09. The minimum atomic E-state index is -0.289. The maximum absolute atomic E-state index is 14.1. The van der Waals surface area contributed by atoms with Crippen molar-refractivity contribution in [3.05, 3.63) is 95.0 Å². The van der Waals surface area contributed by atoms with Crippen LogP contribution in [0.5, 0.6) is 0 Å². The van der Waals surface area contributed by atoms with Crippen LogP contribution in [0.1, 0.15) is 11.1 Å². The Kier molecular flexibility index (Phi) is 4.26. The van der Waals surface area contributed by atoms with E-state index in [1.54, 1.807) is 30.2 Å². The molecule has 0 amide bonds. The summed E-state index contributed by atoms with van der Waals surface area (Å²) in [4.78, 5) is 14.3. The van der Waals surface area contributed by atoms with Gasteiger partial charge in [-0.15, -0.1) is 0 Å². The van der Waals surface area contributed by atoms with Gasteiger partial charge in [-0.05, 0) is 48.5 Å². The number of hydrogen-bond donors (Lipinski definition) is 1. The molecule has 1 aliphatic rings. The molecule has 28 heavy (non-hydrogen) atoms. The smallest absolute Gasteiger partial charge is 0.137 e.